The first-order chi connectivity index (χ1) is 9.20. The van der Waals surface area contributed by atoms with Gasteiger partial charge in [0.2, 0.25) is 0 Å². The van der Waals surface area contributed by atoms with Crippen LogP contribution in [0.15, 0.2) is 24.3 Å². The van der Waals surface area contributed by atoms with Crippen molar-refractivity contribution in [2.45, 2.75) is 39.7 Å². The van der Waals surface area contributed by atoms with E-state index in [-0.39, 0.29) is 0 Å². The van der Waals surface area contributed by atoms with Gasteiger partial charge in [0.25, 0.3) is 0 Å². The standard InChI is InChI=1S/C15H21N3S/c1-4-9-16-12(3)15-18-17-14(19-15)10-13-8-6-5-7-11(13)2/h5-8,12,16H,4,9-10H2,1-3H3. The third-order valence-electron chi connectivity index (χ3n) is 3.16. The molecule has 0 bridgehead atoms. The molecule has 1 aromatic heterocycles. The average molecular weight is 275 g/mol. The third-order valence-corrected chi connectivity index (χ3v) is 4.26. The number of hydrogen-bond acceptors (Lipinski definition) is 4. The molecule has 1 atom stereocenters. The number of rotatable bonds is 6. The Hall–Kier alpha value is -1.26. The van der Waals surface area contributed by atoms with Crippen LogP contribution in [0.3, 0.4) is 0 Å². The zero-order valence-corrected chi connectivity index (χ0v) is 12.6. The molecule has 0 saturated heterocycles. The summed E-state index contributed by atoms with van der Waals surface area (Å²) < 4.78 is 0. The van der Waals surface area contributed by atoms with E-state index in [9.17, 15) is 0 Å². The summed E-state index contributed by atoms with van der Waals surface area (Å²) >= 11 is 1.71. The molecular formula is C15H21N3S. The van der Waals surface area contributed by atoms with Crippen LogP contribution >= 0.6 is 11.3 Å². The van der Waals surface area contributed by atoms with Gasteiger partial charge >= 0.3 is 0 Å². The minimum Gasteiger partial charge on any atom is -0.308 e. The highest BCUT2D eigenvalue weighted by atomic mass is 32.1. The predicted octanol–water partition coefficient (Wildman–Crippen LogP) is 3.50. The van der Waals surface area contributed by atoms with E-state index in [0.29, 0.717) is 6.04 Å². The highest BCUT2D eigenvalue weighted by Gasteiger charge is 2.11. The van der Waals surface area contributed by atoms with Gasteiger partial charge in [-0.3, -0.25) is 0 Å². The molecule has 2 rings (SSSR count). The quantitative estimate of drug-likeness (QED) is 0.877. The lowest BCUT2D eigenvalue weighted by molar-refractivity contribution is 0.564. The third kappa shape index (κ3) is 3.85. The summed E-state index contributed by atoms with van der Waals surface area (Å²) in [5, 5.41) is 14.2. The van der Waals surface area contributed by atoms with E-state index < -0.39 is 0 Å². The van der Waals surface area contributed by atoms with E-state index in [0.717, 1.165) is 29.4 Å². The Bertz CT molecular complexity index is 522. The summed E-state index contributed by atoms with van der Waals surface area (Å²) in [6.45, 7) is 7.48. The topological polar surface area (TPSA) is 37.8 Å². The minimum atomic E-state index is 0.295. The van der Waals surface area contributed by atoms with Gasteiger partial charge in [-0.1, -0.05) is 42.5 Å². The summed E-state index contributed by atoms with van der Waals surface area (Å²) in [6, 6.07) is 8.75. The zero-order valence-electron chi connectivity index (χ0n) is 11.8. The maximum atomic E-state index is 4.31. The van der Waals surface area contributed by atoms with Crippen molar-refractivity contribution in [2.75, 3.05) is 6.54 Å². The van der Waals surface area contributed by atoms with E-state index in [1.165, 1.54) is 11.1 Å². The molecular weight excluding hydrogens is 254 g/mol. The second-order valence-electron chi connectivity index (χ2n) is 4.81. The van der Waals surface area contributed by atoms with Crippen LogP contribution in [0.4, 0.5) is 0 Å². The molecule has 19 heavy (non-hydrogen) atoms. The number of nitrogens with zero attached hydrogens (tertiary/aromatic N) is 2. The van der Waals surface area contributed by atoms with E-state index in [1.54, 1.807) is 11.3 Å². The van der Waals surface area contributed by atoms with Crippen molar-refractivity contribution >= 4 is 11.3 Å². The van der Waals surface area contributed by atoms with Gasteiger partial charge in [-0.25, -0.2) is 0 Å². The fourth-order valence-electron chi connectivity index (χ4n) is 1.93. The maximum Gasteiger partial charge on any atom is 0.134 e. The van der Waals surface area contributed by atoms with Crippen molar-refractivity contribution in [1.82, 2.24) is 15.5 Å². The SMILES string of the molecule is CCCNC(C)c1nnc(Cc2ccccc2C)s1. The fraction of sp³-hybridized carbons (Fsp3) is 0.467. The summed E-state index contributed by atoms with van der Waals surface area (Å²) in [7, 11) is 0. The lowest BCUT2D eigenvalue weighted by Gasteiger charge is -2.08. The van der Waals surface area contributed by atoms with Gasteiger partial charge in [-0.15, -0.1) is 10.2 Å². The lowest BCUT2D eigenvalue weighted by Crippen LogP contribution is -2.18. The molecule has 2 aromatic rings. The normalized spacial score (nSPS) is 12.6. The van der Waals surface area contributed by atoms with Crippen LogP contribution < -0.4 is 5.32 Å². The Balaban J connectivity index is 2.03. The Morgan fingerprint density at radius 3 is 2.79 bits per heavy atom. The smallest absolute Gasteiger partial charge is 0.134 e. The summed E-state index contributed by atoms with van der Waals surface area (Å²) in [5.41, 5.74) is 2.65. The Morgan fingerprint density at radius 1 is 1.26 bits per heavy atom. The van der Waals surface area contributed by atoms with Crippen molar-refractivity contribution in [1.29, 1.82) is 0 Å². The Labute approximate surface area is 119 Å². The van der Waals surface area contributed by atoms with Gasteiger partial charge < -0.3 is 5.32 Å². The second-order valence-corrected chi connectivity index (χ2v) is 5.91. The monoisotopic (exact) mass is 275 g/mol. The van der Waals surface area contributed by atoms with Crippen LogP contribution in [0, 0.1) is 6.92 Å². The van der Waals surface area contributed by atoms with Gasteiger partial charge in [0.15, 0.2) is 0 Å². The molecule has 0 fully saturated rings. The molecule has 0 spiro atoms. The van der Waals surface area contributed by atoms with Gasteiger partial charge in [0, 0.05) is 6.42 Å². The first-order valence-electron chi connectivity index (χ1n) is 6.81. The molecule has 1 heterocycles. The molecule has 0 saturated carbocycles. The Morgan fingerprint density at radius 2 is 2.05 bits per heavy atom. The fourth-order valence-corrected chi connectivity index (χ4v) is 2.83. The molecule has 102 valence electrons. The van der Waals surface area contributed by atoms with Gasteiger partial charge in [0.05, 0.1) is 6.04 Å². The van der Waals surface area contributed by atoms with Crippen molar-refractivity contribution in [3.8, 4) is 0 Å². The number of aromatic nitrogens is 2. The first-order valence-corrected chi connectivity index (χ1v) is 7.62. The first kappa shape index (κ1) is 14.2. The van der Waals surface area contributed by atoms with Gasteiger partial charge in [-0.05, 0) is 37.9 Å². The van der Waals surface area contributed by atoms with Crippen LogP contribution in [0.1, 0.15) is 47.5 Å². The number of benzene rings is 1. The highest BCUT2D eigenvalue weighted by molar-refractivity contribution is 7.11. The number of aryl methyl sites for hydroxylation is 1. The Kier molecular flexibility index (Phi) is 5.05. The molecule has 1 unspecified atom stereocenters. The van der Waals surface area contributed by atoms with Crippen LogP contribution in [0.25, 0.3) is 0 Å². The van der Waals surface area contributed by atoms with Crippen molar-refractivity contribution in [3.63, 3.8) is 0 Å². The van der Waals surface area contributed by atoms with Crippen molar-refractivity contribution in [2.24, 2.45) is 0 Å². The second kappa shape index (κ2) is 6.78. The predicted molar refractivity (Wildman–Crippen MR) is 80.6 cm³/mol. The zero-order chi connectivity index (χ0) is 13.7. The maximum absolute atomic E-state index is 4.31. The molecule has 0 aliphatic rings. The van der Waals surface area contributed by atoms with Crippen LogP contribution in [0.2, 0.25) is 0 Å². The molecule has 4 heteroatoms. The van der Waals surface area contributed by atoms with Crippen LogP contribution in [-0.2, 0) is 6.42 Å². The summed E-state index contributed by atoms with van der Waals surface area (Å²) in [6.07, 6.45) is 2.02. The van der Waals surface area contributed by atoms with Crippen LogP contribution in [0.5, 0.6) is 0 Å². The lowest BCUT2D eigenvalue weighted by atomic mass is 10.1. The van der Waals surface area contributed by atoms with E-state index in [4.69, 9.17) is 0 Å². The summed E-state index contributed by atoms with van der Waals surface area (Å²) in [5.74, 6) is 0. The molecule has 1 N–H and O–H groups in total. The molecule has 0 radical (unpaired) electrons. The minimum absolute atomic E-state index is 0.295. The molecule has 0 aliphatic carbocycles. The van der Waals surface area contributed by atoms with E-state index in [1.807, 2.05) is 0 Å². The average Bonchev–Trinajstić information content (AvgIpc) is 2.87. The number of nitrogens with one attached hydrogen (secondary N) is 1. The van der Waals surface area contributed by atoms with E-state index >= 15 is 0 Å². The summed E-state index contributed by atoms with van der Waals surface area (Å²) in [4.78, 5) is 0. The number of hydrogen-bond donors (Lipinski definition) is 1. The highest BCUT2D eigenvalue weighted by Crippen LogP contribution is 2.21. The van der Waals surface area contributed by atoms with Crippen LogP contribution in [-0.4, -0.2) is 16.7 Å². The van der Waals surface area contributed by atoms with Crippen molar-refractivity contribution in [3.05, 3.63) is 45.4 Å². The largest absolute Gasteiger partial charge is 0.308 e. The molecule has 0 amide bonds. The molecule has 3 nitrogen and oxygen atoms in total. The van der Waals surface area contributed by atoms with Gasteiger partial charge in [-0.2, -0.15) is 0 Å². The van der Waals surface area contributed by atoms with E-state index in [2.05, 4.69) is 60.6 Å². The van der Waals surface area contributed by atoms with Crippen molar-refractivity contribution < 1.29 is 0 Å². The molecule has 0 aliphatic heterocycles. The van der Waals surface area contributed by atoms with Gasteiger partial charge in [0.1, 0.15) is 10.0 Å². The molecule has 1 aromatic carbocycles.